The van der Waals surface area contributed by atoms with Crippen LogP contribution in [0.3, 0.4) is 0 Å². The van der Waals surface area contributed by atoms with Crippen molar-refractivity contribution >= 4 is 0 Å². The fourth-order valence-electron chi connectivity index (χ4n) is 2.47. The Morgan fingerprint density at radius 1 is 0.923 bits per heavy atom. The molecule has 1 N–H and O–H groups in total. The van der Waals surface area contributed by atoms with Crippen molar-refractivity contribution in [3.63, 3.8) is 0 Å². The van der Waals surface area contributed by atoms with E-state index >= 15 is 0 Å². The van der Waals surface area contributed by atoms with Crippen molar-refractivity contribution in [2.75, 3.05) is 6.54 Å². The number of rotatable bonds is 0. The summed E-state index contributed by atoms with van der Waals surface area (Å²) in [6.07, 6.45) is 8.82. The van der Waals surface area contributed by atoms with Crippen LogP contribution in [0, 0.1) is 5.92 Å². The third kappa shape index (κ3) is 3.68. The van der Waals surface area contributed by atoms with E-state index < -0.39 is 0 Å². The van der Waals surface area contributed by atoms with Crippen molar-refractivity contribution in [1.29, 1.82) is 0 Å². The van der Waals surface area contributed by atoms with E-state index in [1.807, 2.05) is 13.8 Å². The molecule has 0 aromatic rings. The first-order chi connectivity index (χ1) is 5.97. The lowest BCUT2D eigenvalue weighted by Gasteiger charge is -2.36. The molecule has 2 atom stereocenters. The van der Waals surface area contributed by atoms with Crippen molar-refractivity contribution in [2.24, 2.45) is 5.92 Å². The van der Waals surface area contributed by atoms with Gasteiger partial charge in [-0.25, -0.2) is 0 Å². The van der Waals surface area contributed by atoms with Crippen LogP contribution >= 0.6 is 0 Å². The normalized spacial score (nSPS) is 31.8. The van der Waals surface area contributed by atoms with Crippen molar-refractivity contribution in [1.82, 2.24) is 5.32 Å². The van der Waals surface area contributed by atoms with Crippen LogP contribution in [0.1, 0.15) is 59.8 Å². The summed E-state index contributed by atoms with van der Waals surface area (Å²) in [7, 11) is 0. The van der Waals surface area contributed by atoms with Crippen LogP contribution in [-0.4, -0.2) is 12.6 Å². The van der Waals surface area contributed by atoms with Gasteiger partial charge in [0.05, 0.1) is 0 Å². The minimum Gasteiger partial charge on any atom is -0.314 e. The summed E-state index contributed by atoms with van der Waals surface area (Å²) in [4.78, 5) is 0. The zero-order valence-electron chi connectivity index (χ0n) is 8.60. The van der Waals surface area contributed by atoms with Gasteiger partial charge in [-0.1, -0.05) is 34.1 Å². The van der Waals surface area contributed by atoms with Crippen molar-refractivity contribution in [3.05, 3.63) is 0 Å². The molecule has 2 aliphatic rings. The number of fused-ring (bicyclic) bond motifs is 1. The summed E-state index contributed by atoms with van der Waals surface area (Å²) >= 11 is 0. The van der Waals surface area contributed by atoms with E-state index in [4.69, 9.17) is 0 Å². The fourth-order valence-corrected chi connectivity index (χ4v) is 2.47. The molecule has 13 heavy (non-hydrogen) atoms. The van der Waals surface area contributed by atoms with Gasteiger partial charge in [-0.2, -0.15) is 0 Å². The molecule has 0 radical (unpaired) electrons. The first kappa shape index (κ1) is 13.0. The molecular weight excluding hydrogens is 158 g/mol. The van der Waals surface area contributed by atoms with Gasteiger partial charge in [0.15, 0.2) is 0 Å². The van der Waals surface area contributed by atoms with E-state index in [1.54, 1.807) is 0 Å². The van der Waals surface area contributed by atoms with Gasteiger partial charge < -0.3 is 5.32 Å². The average molecular weight is 185 g/mol. The Kier molecular flexibility index (Phi) is 7.35. The molecule has 0 spiro atoms. The third-order valence-corrected chi connectivity index (χ3v) is 3.07. The van der Waals surface area contributed by atoms with Crippen molar-refractivity contribution in [3.8, 4) is 0 Å². The Hall–Kier alpha value is -0.0400. The minimum atomic E-state index is 0. The summed E-state index contributed by atoms with van der Waals surface area (Å²) in [5.41, 5.74) is 0. The molecule has 1 saturated carbocycles. The standard InChI is InChI=1S/C9H17N.C2H6.CH4/c1-2-6-9-8(4-1)5-3-7-10-9;1-2;/h8-10H,1-7H2;1-2H3;1H4. The Labute approximate surface area is 84.3 Å². The van der Waals surface area contributed by atoms with E-state index in [0.29, 0.717) is 0 Å². The van der Waals surface area contributed by atoms with Gasteiger partial charge >= 0.3 is 0 Å². The molecule has 0 aromatic heterocycles. The van der Waals surface area contributed by atoms with E-state index in [1.165, 1.54) is 45.1 Å². The Morgan fingerprint density at radius 2 is 1.54 bits per heavy atom. The maximum Gasteiger partial charge on any atom is 0.00953 e. The SMILES string of the molecule is C.C1CCC2NCCCC2C1.CC. The average Bonchev–Trinajstić information content (AvgIpc) is 2.21. The lowest BCUT2D eigenvalue weighted by Crippen LogP contribution is -2.42. The topological polar surface area (TPSA) is 12.0 Å². The zero-order valence-corrected chi connectivity index (χ0v) is 8.60. The predicted molar refractivity (Wildman–Crippen MR) is 61.1 cm³/mol. The van der Waals surface area contributed by atoms with Gasteiger partial charge in [-0.3, -0.25) is 0 Å². The van der Waals surface area contributed by atoms with Crippen LogP contribution in [0.2, 0.25) is 0 Å². The Balaban J connectivity index is 0.000000451. The number of nitrogens with one attached hydrogen (secondary N) is 1. The maximum absolute atomic E-state index is 3.62. The predicted octanol–water partition coefficient (Wildman–Crippen LogP) is 3.59. The largest absolute Gasteiger partial charge is 0.314 e. The van der Waals surface area contributed by atoms with Crippen LogP contribution < -0.4 is 5.32 Å². The molecule has 2 fully saturated rings. The third-order valence-electron chi connectivity index (χ3n) is 3.07. The molecule has 1 aliphatic heterocycles. The van der Waals surface area contributed by atoms with Gasteiger partial charge in [0.25, 0.3) is 0 Å². The second-order valence-corrected chi connectivity index (χ2v) is 3.75. The summed E-state index contributed by atoms with van der Waals surface area (Å²) < 4.78 is 0. The molecule has 2 unspecified atom stereocenters. The van der Waals surface area contributed by atoms with Gasteiger partial charge in [-0.15, -0.1) is 0 Å². The molecule has 0 bridgehead atoms. The first-order valence-corrected chi connectivity index (χ1v) is 5.70. The molecule has 80 valence electrons. The fraction of sp³-hybridized carbons (Fsp3) is 1.00. The highest BCUT2D eigenvalue weighted by molar-refractivity contribution is 4.84. The molecule has 1 saturated heterocycles. The summed E-state index contributed by atoms with van der Waals surface area (Å²) in [5, 5.41) is 3.62. The molecule has 0 aromatic carbocycles. The number of hydrogen-bond donors (Lipinski definition) is 1. The Bertz CT molecular complexity index is 85.7. The molecule has 1 aliphatic carbocycles. The van der Waals surface area contributed by atoms with Crippen LogP contribution in [0.5, 0.6) is 0 Å². The summed E-state index contributed by atoms with van der Waals surface area (Å²) in [6.45, 7) is 5.28. The monoisotopic (exact) mass is 185 g/mol. The van der Waals surface area contributed by atoms with Gasteiger partial charge in [0.1, 0.15) is 0 Å². The van der Waals surface area contributed by atoms with Crippen LogP contribution in [-0.2, 0) is 0 Å². The van der Waals surface area contributed by atoms with E-state index in [0.717, 1.165) is 12.0 Å². The highest BCUT2D eigenvalue weighted by Crippen LogP contribution is 2.29. The zero-order chi connectivity index (χ0) is 8.81. The lowest BCUT2D eigenvalue weighted by atomic mass is 9.80. The highest BCUT2D eigenvalue weighted by Gasteiger charge is 2.26. The van der Waals surface area contributed by atoms with Gasteiger partial charge in [-0.05, 0) is 38.1 Å². The quantitative estimate of drug-likeness (QED) is 0.608. The van der Waals surface area contributed by atoms with Crippen LogP contribution in [0.25, 0.3) is 0 Å². The number of hydrogen-bond acceptors (Lipinski definition) is 1. The molecular formula is C12H27N. The maximum atomic E-state index is 3.62. The molecule has 1 heteroatoms. The van der Waals surface area contributed by atoms with Gasteiger partial charge in [0, 0.05) is 6.04 Å². The van der Waals surface area contributed by atoms with Crippen molar-refractivity contribution in [2.45, 2.75) is 65.8 Å². The Morgan fingerprint density at radius 3 is 2.23 bits per heavy atom. The minimum absolute atomic E-state index is 0. The summed E-state index contributed by atoms with van der Waals surface area (Å²) in [5.74, 6) is 1.04. The van der Waals surface area contributed by atoms with E-state index in [2.05, 4.69) is 5.32 Å². The molecule has 1 heterocycles. The summed E-state index contributed by atoms with van der Waals surface area (Å²) in [6, 6.07) is 0.905. The lowest BCUT2D eigenvalue weighted by molar-refractivity contribution is 0.212. The molecule has 2 rings (SSSR count). The van der Waals surface area contributed by atoms with Crippen molar-refractivity contribution < 1.29 is 0 Å². The van der Waals surface area contributed by atoms with E-state index in [9.17, 15) is 0 Å². The molecule has 1 nitrogen and oxygen atoms in total. The van der Waals surface area contributed by atoms with Crippen LogP contribution in [0.4, 0.5) is 0 Å². The number of piperidine rings is 1. The molecule has 0 amide bonds. The van der Waals surface area contributed by atoms with Crippen LogP contribution in [0.15, 0.2) is 0 Å². The first-order valence-electron chi connectivity index (χ1n) is 5.70. The van der Waals surface area contributed by atoms with E-state index in [-0.39, 0.29) is 7.43 Å². The van der Waals surface area contributed by atoms with Gasteiger partial charge in [0.2, 0.25) is 0 Å². The smallest absolute Gasteiger partial charge is 0.00953 e. The second-order valence-electron chi connectivity index (χ2n) is 3.75. The second kappa shape index (κ2) is 7.37. The highest BCUT2D eigenvalue weighted by atomic mass is 14.9.